The van der Waals surface area contributed by atoms with Gasteiger partial charge in [-0.2, -0.15) is 13.2 Å². The predicted molar refractivity (Wildman–Crippen MR) is 63.4 cm³/mol. The third-order valence-electron chi connectivity index (χ3n) is 2.56. The minimum atomic E-state index is -4.77. The number of halogens is 4. The first-order valence-electron chi connectivity index (χ1n) is 6.09. The van der Waals surface area contributed by atoms with Crippen LogP contribution in [0.1, 0.15) is 31.1 Å². The summed E-state index contributed by atoms with van der Waals surface area (Å²) in [6, 6.07) is 2.23. The fourth-order valence-corrected chi connectivity index (χ4v) is 1.66. The molecule has 3 nitrogen and oxygen atoms in total. The summed E-state index contributed by atoms with van der Waals surface area (Å²) in [7, 11) is 0. The molecule has 1 atom stereocenters. The summed E-state index contributed by atoms with van der Waals surface area (Å²) in [6.07, 6.45) is -7.19. The van der Waals surface area contributed by atoms with E-state index in [1.165, 1.54) is 0 Å². The van der Waals surface area contributed by atoms with Gasteiger partial charge in [0.15, 0.2) is 6.29 Å². The van der Waals surface area contributed by atoms with Crippen molar-refractivity contribution in [2.24, 2.45) is 0 Å². The first kappa shape index (κ1) is 16.9. The van der Waals surface area contributed by atoms with Gasteiger partial charge in [0.05, 0.1) is 5.56 Å². The highest BCUT2D eigenvalue weighted by Crippen LogP contribution is 2.33. The Morgan fingerprint density at radius 3 is 2.10 bits per heavy atom. The van der Waals surface area contributed by atoms with Gasteiger partial charge in [-0.25, -0.2) is 4.39 Å². The third-order valence-corrected chi connectivity index (χ3v) is 2.56. The van der Waals surface area contributed by atoms with Gasteiger partial charge < -0.3 is 14.6 Å². The van der Waals surface area contributed by atoms with Crippen LogP contribution in [0.5, 0.6) is 0 Å². The Bertz CT molecular complexity index is 428. The van der Waals surface area contributed by atoms with E-state index in [0.29, 0.717) is 12.1 Å². The van der Waals surface area contributed by atoms with E-state index in [1.54, 1.807) is 13.8 Å². The van der Waals surface area contributed by atoms with Gasteiger partial charge in [-0.05, 0) is 31.5 Å². The van der Waals surface area contributed by atoms with E-state index in [1.807, 2.05) is 0 Å². The van der Waals surface area contributed by atoms with Gasteiger partial charge in [0, 0.05) is 13.2 Å². The standard InChI is InChI=1S/C13H16F4O3/c1-3-19-12(20-4-2)11(18)8-5-6-9(10(14)7-8)13(15,16)17/h5-7,11-12,18H,3-4H2,1-2H3. The van der Waals surface area contributed by atoms with Crippen LogP contribution in [0.15, 0.2) is 18.2 Å². The maximum Gasteiger partial charge on any atom is 0.419 e. The fraction of sp³-hybridized carbons (Fsp3) is 0.538. The largest absolute Gasteiger partial charge is 0.419 e. The molecule has 0 aromatic heterocycles. The summed E-state index contributed by atoms with van der Waals surface area (Å²) in [6.45, 7) is 3.83. The Labute approximate surface area is 114 Å². The molecular formula is C13H16F4O3. The molecule has 0 saturated carbocycles. The normalized spacial score (nSPS) is 13.8. The van der Waals surface area contributed by atoms with Gasteiger partial charge in [0.1, 0.15) is 11.9 Å². The Morgan fingerprint density at radius 1 is 1.15 bits per heavy atom. The number of ether oxygens (including phenoxy) is 2. The number of rotatable bonds is 6. The van der Waals surface area contributed by atoms with Crippen molar-refractivity contribution in [3.63, 3.8) is 0 Å². The molecule has 0 heterocycles. The lowest BCUT2D eigenvalue weighted by Crippen LogP contribution is -2.26. The van der Waals surface area contributed by atoms with Crippen LogP contribution in [0, 0.1) is 5.82 Å². The Morgan fingerprint density at radius 2 is 1.70 bits per heavy atom. The fourth-order valence-electron chi connectivity index (χ4n) is 1.66. The summed E-state index contributed by atoms with van der Waals surface area (Å²) in [5.74, 6) is -1.44. The van der Waals surface area contributed by atoms with Crippen molar-refractivity contribution in [2.75, 3.05) is 13.2 Å². The van der Waals surface area contributed by atoms with Crippen LogP contribution in [0.2, 0.25) is 0 Å². The molecule has 0 saturated heterocycles. The molecule has 0 aliphatic heterocycles. The molecule has 0 aliphatic carbocycles. The van der Waals surface area contributed by atoms with Gasteiger partial charge in [0.2, 0.25) is 0 Å². The zero-order valence-electron chi connectivity index (χ0n) is 11.1. The first-order chi connectivity index (χ1) is 9.31. The highest BCUT2D eigenvalue weighted by Gasteiger charge is 2.34. The minimum Gasteiger partial charge on any atom is -0.383 e. The predicted octanol–water partition coefficient (Wildman–Crippen LogP) is 3.28. The monoisotopic (exact) mass is 296 g/mol. The first-order valence-corrected chi connectivity index (χ1v) is 6.09. The highest BCUT2D eigenvalue weighted by molar-refractivity contribution is 5.28. The van der Waals surface area contributed by atoms with Crippen LogP contribution in [-0.2, 0) is 15.7 Å². The van der Waals surface area contributed by atoms with E-state index in [2.05, 4.69) is 0 Å². The van der Waals surface area contributed by atoms with Crippen molar-refractivity contribution < 1.29 is 32.1 Å². The minimum absolute atomic E-state index is 0.0394. The van der Waals surface area contributed by atoms with Gasteiger partial charge in [-0.15, -0.1) is 0 Å². The molecule has 0 bridgehead atoms. The summed E-state index contributed by atoms with van der Waals surface area (Å²) >= 11 is 0. The maximum absolute atomic E-state index is 13.4. The molecule has 114 valence electrons. The zero-order valence-corrected chi connectivity index (χ0v) is 11.1. The number of benzene rings is 1. The van der Waals surface area contributed by atoms with Crippen LogP contribution < -0.4 is 0 Å². The average Bonchev–Trinajstić information content (AvgIpc) is 2.36. The van der Waals surface area contributed by atoms with E-state index in [4.69, 9.17) is 9.47 Å². The molecule has 7 heteroatoms. The van der Waals surface area contributed by atoms with Crippen molar-refractivity contribution >= 4 is 0 Å². The van der Waals surface area contributed by atoms with E-state index in [-0.39, 0.29) is 18.8 Å². The lowest BCUT2D eigenvalue weighted by molar-refractivity contribution is -0.191. The molecule has 1 N–H and O–H groups in total. The summed E-state index contributed by atoms with van der Waals surface area (Å²) in [4.78, 5) is 0. The van der Waals surface area contributed by atoms with E-state index >= 15 is 0 Å². The van der Waals surface area contributed by atoms with Gasteiger partial charge in [0.25, 0.3) is 0 Å². The van der Waals surface area contributed by atoms with E-state index in [0.717, 1.165) is 6.07 Å². The molecule has 0 aliphatic rings. The maximum atomic E-state index is 13.4. The molecule has 0 spiro atoms. The van der Waals surface area contributed by atoms with Crippen molar-refractivity contribution in [1.29, 1.82) is 0 Å². The van der Waals surface area contributed by atoms with E-state index < -0.39 is 30.0 Å². The SMILES string of the molecule is CCOC(OCC)C(O)c1ccc(C(F)(F)F)c(F)c1. The molecular weight excluding hydrogens is 280 g/mol. The van der Waals surface area contributed by atoms with Crippen LogP contribution in [0.4, 0.5) is 17.6 Å². The topological polar surface area (TPSA) is 38.7 Å². The van der Waals surface area contributed by atoms with Crippen molar-refractivity contribution in [1.82, 2.24) is 0 Å². The van der Waals surface area contributed by atoms with Gasteiger partial charge in [-0.3, -0.25) is 0 Å². The van der Waals surface area contributed by atoms with Crippen LogP contribution in [-0.4, -0.2) is 24.6 Å². The lowest BCUT2D eigenvalue weighted by atomic mass is 10.1. The molecule has 1 aromatic carbocycles. The second-order valence-corrected chi connectivity index (χ2v) is 3.96. The smallest absolute Gasteiger partial charge is 0.383 e. The van der Waals surface area contributed by atoms with Crippen LogP contribution in [0.25, 0.3) is 0 Å². The summed E-state index contributed by atoms with van der Waals surface area (Å²) < 4.78 is 61.0. The molecule has 1 unspecified atom stereocenters. The van der Waals surface area contributed by atoms with E-state index in [9.17, 15) is 22.7 Å². The summed E-state index contributed by atoms with van der Waals surface area (Å²) in [5, 5.41) is 9.96. The van der Waals surface area contributed by atoms with Crippen molar-refractivity contribution in [3.05, 3.63) is 35.1 Å². The number of aliphatic hydroxyl groups excluding tert-OH is 1. The van der Waals surface area contributed by atoms with Crippen LogP contribution in [0.3, 0.4) is 0 Å². The molecule has 1 rings (SSSR count). The second-order valence-electron chi connectivity index (χ2n) is 3.96. The number of alkyl halides is 3. The third kappa shape index (κ3) is 4.16. The van der Waals surface area contributed by atoms with Gasteiger partial charge >= 0.3 is 6.18 Å². The molecule has 20 heavy (non-hydrogen) atoms. The number of aliphatic hydroxyl groups is 1. The quantitative estimate of drug-likeness (QED) is 0.647. The van der Waals surface area contributed by atoms with Crippen molar-refractivity contribution in [3.8, 4) is 0 Å². The molecule has 0 fully saturated rings. The Balaban J connectivity index is 2.99. The number of hydrogen-bond donors (Lipinski definition) is 1. The van der Waals surface area contributed by atoms with Crippen LogP contribution >= 0.6 is 0 Å². The summed E-state index contributed by atoms with van der Waals surface area (Å²) in [5.41, 5.74) is -1.42. The lowest BCUT2D eigenvalue weighted by Gasteiger charge is -2.23. The average molecular weight is 296 g/mol. The molecule has 0 amide bonds. The highest BCUT2D eigenvalue weighted by atomic mass is 19.4. The Kier molecular flexibility index (Phi) is 5.91. The molecule has 0 radical (unpaired) electrons. The number of hydrogen-bond acceptors (Lipinski definition) is 3. The second kappa shape index (κ2) is 7.01. The Hall–Kier alpha value is -1.18. The molecule has 1 aromatic rings. The van der Waals surface area contributed by atoms with Gasteiger partial charge in [-0.1, -0.05) is 6.07 Å². The zero-order chi connectivity index (χ0) is 15.3. The van der Waals surface area contributed by atoms with Crippen molar-refractivity contribution in [2.45, 2.75) is 32.4 Å².